The first kappa shape index (κ1) is 12.8. The number of rotatable bonds is 1. The lowest BCUT2D eigenvalue weighted by Crippen LogP contribution is -2.11. The standard InChI is InChI=1S/C9H5ClF4O2/c1-16-8(15)5-2-4(9(12,13)14)3-6(10)7(5)11/h2-3H,1H3/i2+1,3+1,4+1,5+1,6+1,7+1. The number of benzene rings is 1. The second-order valence-corrected chi connectivity index (χ2v) is 3.22. The zero-order chi connectivity index (χ0) is 12.5. The van der Waals surface area contributed by atoms with Gasteiger partial charge in [-0.3, -0.25) is 0 Å². The van der Waals surface area contributed by atoms with E-state index in [9.17, 15) is 22.4 Å². The molecular weight excluding hydrogens is 257 g/mol. The lowest BCUT2D eigenvalue weighted by atomic mass is 10.8. The highest BCUT2D eigenvalue weighted by Crippen LogP contribution is 2.33. The molecule has 0 aliphatic heterocycles. The number of carbonyl (C=O) groups excluding carboxylic acids is 1. The van der Waals surface area contributed by atoms with Gasteiger partial charge in [0.25, 0.3) is 0 Å². The van der Waals surface area contributed by atoms with Gasteiger partial charge in [-0.05, 0) is 12.1 Å². The van der Waals surface area contributed by atoms with Crippen LogP contribution in [0.3, 0.4) is 0 Å². The van der Waals surface area contributed by atoms with Gasteiger partial charge in [0.1, 0.15) is 0 Å². The molecule has 88 valence electrons. The van der Waals surface area contributed by atoms with Crippen LogP contribution < -0.4 is 0 Å². The van der Waals surface area contributed by atoms with Gasteiger partial charge in [0.15, 0.2) is 5.82 Å². The molecule has 0 amide bonds. The highest BCUT2D eigenvalue weighted by atomic mass is 35.5. The number of ether oxygens (including phenoxy) is 1. The Bertz CT molecular complexity index is 428. The van der Waals surface area contributed by atoms with Crippen molar-refractivity contribution in [3.63, 3.8) is 0 Å². The molecule has 0 radical (unpaired) electrons. The molecule has 0 unspecified atom stereocenters. The van der Waals surface area contributed by atoms with E-state index in [1.165, 1.54) is 0 Å². The molecule has 7 heteroatoms. The largest absolute Gasteiger partial charge is 0.465 e. The lowest BCUT2D eigenvalue weighted by molar-refractivity contribution is -0.137. The number of methoxy groups -OCH3 is 1. The summed E-state index contributed by atoms with van der Waals surface area (Å²) in [6.07, 6.45) is -4.71. The number of esters is 1. The average molecular weight is 263 g/mol. The second kappa shape index (κ2) is 4.29. The van der Waals surface area contributed by atoms with E-state index in [0.717, 1.165) is 7.11 Å². The Kier molecular flexibility index (Phi) is 3.42. The van der Waals surface area contributed by atoms with Gasteiger partial charge in [-0.15, -0.1) is 0 Å². The molecule has 0 saturated carbocycles. The number of alkyl halides is 3. The monoisotopic (exact) mass is 262 g/mol. The van der Waals surface area contributed by atoms with Crippen LogP contribution in [0, 0.1) is 5.82 Å². The Balaban J connectivity index is 3.39. The molecule has 16 heavy (non-hydrogen) atoms. The predicted octanol–water partition coefficient (Wildman–Crippen LogP) is 3.28. The number of hydrogen-bond acceptors (Lipinski definition) is 2. The van der Waals surface area contributed by atoms with E-state index in [-0.39, 0.29) is 0 Å². The third-order valence-corrected chi connectivity index (χ3v) is 2.04. The smallest absolute Gasteiger partial charge is 0.416 e. The van der Waals surface area contributed by atoms with Crippen molar-refractivity contribution in [1.29, 1.82) is 0 Å². The molecule has 1 aromatic carbocycles. The SMILES string of the molecule is COC(=O)[13c]1[13cH][13c](C(F)(F)F)[13cH][13c](Cl)[13c]1F. The highest BCUT2D eigenvalue weighted by molar-refractivity contribution is 6.31. The fraction of sp³-hybridized carbons (Fsp3) is 0.222. The van der Waals surface area contributed by atoms with Crippen molar-refractivity contribution in [2.75, 3.05) is 7.11 Å². The van der Waals surface area contributed by atoms with Gasteiger partial charge in [-0.25, -0.2) is 9.18 Å². The molecule has 0 aliphatic rings. The molecule has 0 aromatic heterocycles. The van der Waals surface area contributed by atoms with Crippen molar-refractivity contribution >= 4 is 17.6 Å². The van der Waals surface area contributed by atoms with Crippen LogP contribution in [0.5, 0.6) is 0 Å². The van der Waals surface area contributed by atoms with Crippen LogP contribution in [0.1, 0.15) is 15.9 Å². The molecule has 0 heterocycles. The fourth-order valence-corrected chi connectivity index (χ4v) is 1.23. The summed E-state index contributed by atoms with van der Waals surface area (Å²) in [5.41, 5.74) is -2.05. The van der Waals surface area contributed by atoms with Gasteiger partial charge in [0.05, 0.1) is 23.3 Å². The Hall–Kier alpha value is -1.30. The van der Waals surface area contributed by atoms with Crippen molar-refractivity contribution in [1.82, 2.24) is 0 Å². The maximum Gasteiger partial charge on any atom is 0.416 e. The van der Waals surface area contributed by atoms with Crippen molar-refractivity contribution in [3.05, 3.63) is 34.1 Å². The van der Waals surface area contributed by atoms with Gasteiger partial charge >= 0.3 is 12.1 Å². The van der Waals surface area contributed by atoms with Crippen LogP contribution in [-0.2, 0) is 10.9 Å². The summed E-state index contributed by atoms with van der Waals surface area (Å²) in [6.45, 7) is 0. The van der Waals surface area contributed by atoms with Crippen LogP contribution in [0.2, 0.25) is 5.02 Å². The van der Waals surface area contributed by atoms with Crippen molar-refractivity contribution in [2.45, 2.75) is 6.18 Å². The number of carbonyl (C=O) groups is 1. The second-order valence-electron chi connectivity index (χ2n) is 2.81. The van der Waals surface area contributed by atoms with E-state index in [1.54, 1.807) is 0 Å². The summed E-state index contributed by atoms with van der Waals surface area (Å²) in [6, 6.07) is 0.760. The third kappa shape index (κ3) is 2.44. The predicted molar refractivity (Wildman–Crippen MR) is 47.8 cm³/mol. The first-order valence-corrected chi connectivity index (χ1v) is 4.29. The molecule has 0 bridgehead atoms. The van der Waals surface area contributed by atoms with Crippen LogP contribution in [0.4, 0.5) is 17.6 Å². The van der Waals surface area contributed by atoms with Gasteiger partial charge in [-0.1, -0.05) is 11.6 Å². The third-order valence-electron chi connectivity index (χ3n) is 1.76. The Morgan fingerprint density at radius 1 is 1.38 bits per heavy atom. The average Bonchev–Trinajstić information content (AvgIpc) is 2.19. The lowest BCUT2D eigenvalue weighted by Gasteiger charge is -2.10. The summed E-state index contributed by atoms with van der Waals surface area (Å²) in [5.74, 6) is -2.45. The molecule has 0 atom stereocenters. The molecule has 2 nitrogen and oxygen atoms in total. The van der Waals surface area contributed by atoms with E-state index in [0.29, 0.717) is 12.1 Å². The first-order valence-electron chi connectivity index (χ1n) is 3.92. The number of halogens is 5. The molecule has 0 fully saturated rings. The van der Waals surface area contributed by atoms with E-state index in [4.69, 9.17) is 11.6 Å². The molecule has 0 spiro atoms. The Morgan fingerprint density at radius 2 is 1.94 bits per heavy atom. The van der Waals surface area contributed by atoms with Crippen LogP contribution in [-0.4, -0.2) is 13.1 Å². The van der Waals surface area contributed by atoms with E-state index >= 15 is 0 Å². The first-order chi connectivity index (χ1) is 7.27. The zero-order valence-corrected chi connectivity index (χ0v) is 8.62. The summed E-state index contributed by atoms with van der Waals surface area (Å²) in [5, 5.41) is -0.782. The Labute approximate surface area is 92.8 Å². The van der Waals surface area contributed by atoms with Crippen LogP contribution in [0.25, 0.3) is 0 Å². The topological polar surface area (TPSA) is 26.3 Å². The van der Waals surface area contributed by atoms with Crippen LogP contribution in [0.15, 0.2) is 12.1 Å². The molecule has 1 rings (SSSR count). The molecule has 0 aliphatic carbocycles. The van der Waals surface area contributed by atoms with E-state index < -0.39 is 34.1 Å². The normalized spacial score (nSPS) is 11.4. The van der Waals surface area contributed by atoms with Crippen molar-refractivity contribution < 1.29 is 27.1 Å². The number of hydrogen-bond donors (Lipinski definition) is 0. The molecular formula is C9H5ClF4O2. The van der Waals surface area contributed by atoms with E-state index in [2.05, 4.69) is 4.74 Å². The summed E-state index contributed by atoms with van der Waals surface area (Å²) >= 11 is 5.24. The quantitative estimate of drug-likeness (QED) is 0.573. The zero-order valence-electron chi connectivity index (χ0n) is 7.86. The fourth-order valence-electron chi connectivity index (χ4n) is 1.01. The summed E-state index contributed by atoms with van der Waals surface area (Å²) < 4.78 is 54.3. The Morgan fingerprint density at radius 3 is 2.38 bits per heavy atom. The minimum atomic E-state index is -4.71. The van der Waals surface area contributed by atoms with Crippen LogP contribution >= 0.6 is 11.6 Å². The summed E-state index contributed by atoms with van der Waals surface area (Å²) in [4.78, 5) is 11.0. The molecule has 0 saturated heterocycles. The molecule has 0 N–H and O–H groups in total. The highest BCUT2D eigenvalue weighted by Gasteiger charge is 2.33. The maximum atomic E-state index is 13.2. The van der Waals surface area contributed by atoms with Crippen molar-refractivity contribution in [2.24, 2.45) is 0 Å². The minimum Gasteiger partial charge on any atom is -0.465 e. The minimum absolute atomic E-state index is 0.354. The van der Waals surface area contributed by atoms with Gasteiger partial charge in [0, 0.05) is 0 Å². The summed E-state index contributed by atoms with van der Waals surface area (Å²) in [7, 11) is 0.927. The van der Waals surface area contributed by atoms with E-state index in [1.807, 2.05) is 0 Å². The van der Waals surface area contributed by atoms with Gasteiger partial charge < -0.3 is 4.74 Å². The van der Waals surface area contributed by atoms with Gasteiger partial charge in [0.2, 0.25) is 0 Å². The maximum absolute atomic E-state index is 13.2. The van der Waals surface area contributed by atoms with Crippen molar-refractivity contribution in [3.8, 4) is 0 Å². The molecule has 1 aromatic rings. The van der Waals surface area contributed by atoms with Gasteiger partial charge in [-0.2, -0.15) is 13.2 Å².